The molecule has 28 heavy (non-hydrogen) atoms. The molecule has 3 aromatic heterocycles. The number of amides is 1. The molecule has 0 aromatic carbocycles. The fourth-order valence-electron chi connectivity index (χ4n) is 3.39. The van der Waals surface area contributed by atoms with Crippen LogP contribution in [0.25, 0.3) is 11.2 Å². The smallest absolute Gasteiger partial charge is 0.252 e. The molecule has 10 heteroatoms. The van der Waals surface area contributed by atoms with Gasteiger partial charge >= 0.3 is 0 Å². The summed E-state index contributed by atoms with van der Waals surface area (Å²) in [4.78, 5) is 29.6. The Bertz CT molecular complexity index is 1080. The summed E-state index contributed by atoms with van der Waals surface area (Å²) in [7, 11) is 0. The highest BCUT2D eigenvalue weighted by Crippen LogP contribution is 2.29. The molecular formula is C18H17ClN8O. The third-order valence-corrected chi connectivity index (χ3v) is 5.09. The molecule has 1 saturated heterocycles. The van der Waals surface area contributed by atoms with Crippen LogP contribution in [0.5, 0.6) is 0 Å². The van der Waals surface area contributed by atoms with Crippen molar-refractivity contribution in [3.63, 3.8) is 0 Å². The number of hydrogen-bond acceptors (Lipinski definition) is 7. The Labute approximate surface area is 165 Å². The number of anilines is 2. The summed E-state index contributed by atoms with van der Waals surface area (Å²) in [5.41, 5.74) is 8.05. The standard InChI is InChI=1S/C18H17ClN8O/c19-13-5-10(6-20)7-23-18(13)27-3-1-11(2-4-27)26-14-12(16(21)28)8-22-17-15(14)24-9-25-17/h5,7-9,11H,1-4H2,(H2,21,28)(H2,22,24,25,26). The fraction of sp³-hybridized carbons (Fsp3) is 0.278. The second kappa shape index (κ2) is 7.32. The summed E-state index contributed by atoms with van der Waals surface area (Å²) in [5, 5.41) is 12.8. The Morgan fingerprint density at radius 2 is 2.11 bits per heavy atom. The largest absolute Gasteiger partial charge is 0.380 e. The number of carbonyl (C=O) groups is 1. The minimum absolute atomic E-state index is 0.133. The first kappa shape index (κ1) is 18.0. The zero-order valence-corrected chi connectivity index (χ0v) is 15.6. The number of piperidine rings is 1. The van der Waals surface area contributed by atoms with Crippen molar-refractivity contribution in [1.82, 2.24) is 19.9 Å². The average molecular weight is 397 g/mol. The Balaban J connectivity index is 1.50. The number of pyridine rings is 2. The number of nitrogens with two attached hydrogens (primary N) is 1. The maximum Gasteiger partial charge on any atom is 0.252 e. The van der Waals surface area contributed by atoms with Gasteiger partial charge in [-0.15, -0.1) is 0 Å². The van der Waals surface area contributed by atoms with Gasteiger partial charge in [-0.2, -0.15) is 5.26 Å². The van der Waals surface area contributed by atoms with Crippen LogP contribution in [0, 0.1) is 11.3 Å². The van der Waals surface area contributed by atoms with Crippen LogP contribution in [0.15, 0.2) is 24.8 Å². The molecule has 9 nitrogen and oxygen atoms in total. The van der Waals surface area contributed by atoms with Crippen LogP contribution in [0.2, 0.25) is 5.02 Å². The van der Waals surface area contributed by atoms with Crippen LogP contribution in [-0.2, 0) is 0 Å². The monoisotopic (exact) mass is 396 g/mol. The van der Waals surface area contributed by atoms with Crippen molar-refractivity contribution in [1.29, 1.82) is 5.26 Å². The third kappa shape index (κ3) is 3.30. The van der Waals surface area contributed by atoms with Gasteiger partial charge < -0.3 is 20.9 Å². The highest BCUT2D eigenvalue weighted by atomic mass is 35.5. The first-order valence-electron chi connectivity index (χ1n) is 8.76. The van der Waals surface area contributed by atoms with Crippen molar-refractivity contribution in [3.8, 4) is 6.07 Å². The average Bonchev–Trinajstić information content (AvgIpc) is 3.18. The number of nitrogens with one attached hydrogen (secondary N) is 2. The van der Waals surface area contributed by atoms with E-state index in [1.54, 1.807) is 6.07 Å². The van der Waals surface area contributed by atoms with Gasteiger partial charge in [0.1, 0.15) is 17.4 Å². The molecule has 1 aliphatic heterocycles. The molecule has 1 aliphatic rings. The normalized spacial score (nSPS) is 14.8. The number of hydrogen-bond donors (Lipinski definition) is 3. The van der Waals surface area contributed by atoms with Gasteiger partial charge in [0.2, 0.25) is 0 Å². The van der Waals surface area contributed by atoms with Crippen LogP contribution in [0.4, 0.5) is 11.5 Å². The van der Waals surface area contributed by atoms with Gasteiger partial charge in [-0.1, -0.05) is 11.6 Å². The lowest BCUT2D eigenvalue weighted by atomic mass is 10.0. The summed E-state index contributed by atoms with van der Waals surface area (Å²) >= 11 is 6.28. The molecule has 0 bridgehead atoms. The Kier molecular flexibility index (Phi) is 4.71. The highest BCUT2D eigenvalue weighted by Gasteiger charge is 2.24. The van der Waals surface area contributed by atoms with E-state index in [2.05, 4.69) is 30.2 Å². The zero-order valence-electron chi connectivity index (χ0n) is 14.8. The number of aromatic amines is 1. The maximum atomic E-state index is 11.8. The molecule has 4 rings (SSSR count). The third-order valence-electron chi connectivity index (χ3n) is 4.81. The van der Waals surface area contributed by atoms with Gasteiger partial charge in [0.15, 0.2) is 5.65 Å². The molecule has 0 spiro atoms. The van der Waals surface area contributed by atoms with Crippen LogP contribution in [0.1, 0.15) is 28.8 Å². The molecule has 4 N–H and O–H groups in total. The molecule has 0 unspecified atom stereocenters. The lowest BCUT2D eigenvalue weighted by Gasteiger charge is -2.34. The van der Waals surface area contributed by atoms with Gasteiger partial charge in [0, 0.05) is 31.5 Å². The number of halogens is 1. The topological polar surface area (TPSA) is 137 Å². The van der Waals surface area contributed by atoms with Crippen molar-refractivity contribution in [2.75, 3.05) is 23.3 Å². The summed E-state index contributed by atoms with van der Waals surface area (Å²) in [6, 6.07) is 3.79. The zero-order chi connectivity index (χ0) is 19.7. The predicted octanol–water partition coefficient (Wildman–Crippen LogP) is 2.06. The molecule has 1 fully saturated rings. The van der Waals surface area contributed by atoms with Crippen molar-refractivity contribution < 1.29 is 4.79 Å². The number of nitrogens with zero attached hydrogens (tertiary/aromatic N) is 5. The summed E-state index contributed by atoms with van der Waals surface area (Å²) in [6.45, 7) is 1.47. The lowest BCUT2D eigenvalue weighted by Crippen LogP contribution is -2.40. The number of primary amides is 1. The maximum absolute atomic E-state index is 11.8. The van der Waals surface area contributed by atoms with E-state index in [-0.39, 0.29) is 6.04 Å². The van der Waals surface area contributed by atoms with Gasteiger partial charge in [0.25, 0.3) is 5.91 Å². The van der Waals surface area contributed by atoms with E-state index < -0.39 is 5.91 Å². The van der Waals surface area contributed by atoms with E-state index in [0.717, 1.165) is 25.9 Å². The van der Waals surface area contributed by atoms with Crippen molar-refractivity contribution in [3.05, 3.63) is 40.9 Å². The first-order valence-corrected chi connectivity index (χ1v) is 9.13. The second-order valence-electron chi connectivity index (χ2n) is 6.56. The molecule has 4 heterocycles. The molecule has 1 amide bonds. The minimum Gasteiger partial charge on any atom is -0.380 e. The predicted molar refractivity (Wildman–Crippen MR) is 105 cm³/mol. The molecule has 3 aromatic rings. The van der Waals surface area contributed by atoms with E-state index in [0.29, 0.717) is 38.8 Å². The van der Waals surface area contributed by atoms with Gasteiger partial charge in [0.05, 0.1) is 28.2 Å². The van der Waals surface area contributed by atoms with Crippen LogP contribution < -0.4 is 16.0 Å². The van der Waals surface area contributed by atoms with Crippen LogP contribution in [0.3, 0.4) is 0 Å². The molecule has 142 valence electrons. The van der Waals surface area contributed by atoms with Crippen LogP contribution in [-0.4, -0.2) is 45.0 Å². The highest BCUT2D eigenvalue weighted by molar-refractivity contribution is 6.33. The SMILES string of the molecule is N#Cc1cnc(N2CCC(Nc3c(C(N)=O)cnc4[nH]cnc34)CC2)c(Cl)c1. The first-order chi connectivity index (χ1) is 13.6. The van der Waals surface area contributed by atoms with Gasteiger partial charge in [-0.3, -0.25) is 4.79 Å². The van der Waals surface area contributed by atoms with E-state index in [9.17, 15) is 4.79 Å². The molecular weight excluding hydrogens is 380 g/mol. The summed E-state index contributed by atoms with van der Waals surface area (Å²) in [6.07, 6.45) is 6.14. The quantitative estimate of drug-likeness (QED) is 0.613. The van der Waals surface area contributed by atoms with E-state index in [4.69, 9.17) is 22.6 Å². The Hall–Kier alpha value is -3.38. The molecule has 0 radical (unpaired) electrons. The number of H-pyrrole nitrogens is 1. The minimum atomic E-state index is -0.550. The summed E-state index contributed by atoms with van der Waals surface area (Å²) in [5.74, 6) is 0.126. The van der Waals surface area contributed by atoms with E-state index >= 15 is 0 Å². The number of rotatable bonds is 4. The molecule has 0 atom stereocenters. The van der Waals surface area contributed by atoms with E-state index in [1.807, 2.05) is 6.07 Å². The number of carbonyl (C=O) groups excluding carboxylic acids is 1. The molecule has 0 saturated carbocycles. The fourth-order valence-corrected chi connectivity index (χ4v) is 3.67. The number of fused-ring (bicyclic) bond motifs is 1. The van der Waals surface area contributed by atoms with Crippen molar-refractivity contribution >= 4 is 40.2 Å². The van der Waals surface area contributed by atoms with Crippen molar-refractivity contribution in [2.45, 2.75) is 18.9 Å². The van der Waals surface area contributed by atoms with Gasteiger partial charge in [-0.05, 0) is 18.9 Å². The van der Waals surface area contributed by atoms with E-state index in [1.165, 1.54) is 18.7 Å². The Morgan fingerprint density at radius 1 is 1.32 bits per heavy atom. The Morgan fingerprint density at radius 3 is 2.79 bits per heavy atom. The number of aromatic nitrogens is 4. The van der Waals surface area contributed by atoms with Gasteiger partial charge in [-0.25, -0.2) is 15.0 Å². The second-order valence-corrected chi connectivity index (χ2v) is 6.96. The number of imidazole rings is 1. The number of nitriles is 1. The van der Waals surface area contributed by atoms with Crippen molar-refractivity contribution in [2.24, 2.45) is 5.73 Å². The van der Waals surface area contributed by atoms with Crippen LogP contribution >= 0.6 is 11.6 Å². The summed E-state index contributed by atoms with van der Waals surface area (Å²) < 4.78 is 0. The molecule has 0 aliphatic carbocycles. The lowest BCUT2D eigenvalue weighted by molar-refractivity contribution is 0.100.